The summed E-state index contributed by atoms with van der Waals surface area (Å²) in [4.78, 5) is 1.86. The number of nitrogens with zero attached hydrogens (tertiary/aromatic N) is 1. The summed E-state index contributed by atoms with van der Waals surface area (Å²) in [6, 6.07) is 5.85. The molecule has 0 radical (unpaired) electrons. The van der Waals surface area contributed by atoms with Crippen LogP contribution in [-0.2, 0) is 0 Å². The van der Waals surface area contributed by atoms with Gasteiger partial charge in [-0.1, -0.05) is 6.08 Å². The van der Waals surface area contributed by atoms with E-state index < -0.39 is 0 Å². The number of thiol groups is 1. The van der Waals surface area contributed by atoms with Crippen molar-refractivity contribution in [3.8, 4) is 6.07 Å². The zero-order chi connectivity index (χ0) is 8.10. The molecule has 0 aliphatic heterocycles. The van der Waals surface area contributed by atoms with Crippen molar-refractivity contribution in [1.29, 1.82) is 5.26 Å². The Kier molecular flexibility index (Phi) is 3.21. The van der Waals surface area contributed by atoms with Crippen LogP contribution in [0.5, 0.6) is 0 Å². The molecule has 1 aromatic rings. The standard InChI is InChI=1S/C8H7NS2/c9-6-8-4-3-7(11-8)2-1-5-10/h1-4,10H,5H2. The van der Waals surface area contributed by atoms with E-state index in [2.05, 4.69) is 18.7 Å². The zero-order valence-electron chi connectivity index (χ0n) is 5.82. The maximum Gasteiger partial charge on any atom is 0.110 e. The third kappa shape index (κ3) is 2.41. The van der Waals surface area contributed by atoms with Crippen molar-refractivity contribution in [3.63, 3.8) is 0 Å². The lowest BCUT2D eigenvalue weighted by Crippen LogP contribution is -1.58. The topological polar surface area (TPSA) is 23.8 Å². The third-order valence-corrected chi connectivity index (χ3v) is 2.29. The van der Waals surface area contributed by atoms with Gasteiger partial charge in [0.2, 0.25) is 0 Å². The molecule has 1 aromatic heterocycles. The van der Waals surface area contributed by atoms with Crippen LogP contribution in [0.1, 0.15) is 9.75 Å². The van der Waals surface area contributed by atoms with Gasteiger partial charge in [0.05, 0.1) is 0 Å². The van der Waals surface area contributed by atoms with Crippen LogP contribution in [-0.4, -0.2) is 5.75 Å². The first-order valence-electron chi connectivity index (χ1n) is 3.14. The Bertz CT molecular complexity index is 293. The van der Waals surface area contributed by atoms with Crippen molar-refractivity contribution in [2.45, 2.75) is 0 Å². The summed E-state index contributed by atoms with van der Waals surface area (Å²) in [6.07, 6.45) is 3.93. The molecule has 0 bridgehead atoms. The first-order chi connectivity index (χ1) is 5.36. The summed E-state index contributed by atoms with van der Waals surface area (Å²) < 4.78 is 0. The highest BCUT2D eigenvalue weighted by Crippen LogP contribution is 2.16. The molecule has 11 heavy (non-hydrogen) atoms. The summed E-state index contributed by atoms with van der Waals surface area (Å²) in [5.41, 5.74) is 0. The largest absolute Gasteiger partial charge is 0.192 e. The van der Waals surface area contributed by atoms with Crippen molar-refractivity contribution in [1.82, 2.24) is 0 Å². The van der Waals surface area contributed by atoms with E-state index in [-0.39, 0.29) is 0 Å². The van der Waals surface area contributed by atoms with Gasteiger partial charge in [-0.15, -0.1) is 11.3 Å². The molecule has 0 saturated heterocycles. The van der Waals surface area contributed by atoms with Gasteiger partial charge in [-0.25, -0.2) is 0 Å². The van der Waals surface area contributed by atoms with Crippen molar-refractivity contribution >= 4 is 30.0 Å². The van der Waals surface area contributed by atoms with E-state index in [9.17, 15) is 0 Å². The first-order valence-corrected chi connectivity index (χ1v) is 4.59. The highest BCUT2D eigenvalue weighted by molar-refractivity contribution is 7.80. The number of hydrogen-bond donors (Lipinski definition) is 1. The molecule has 0 N–H and O–H groups in total. The molecule has 3 heteroatoms. The maximum absolute atomic E-state index is 8.50. The van der Waals surface area contributed by atoms with E-state index in [0.29, 0.717) is 0 Å². The monoisotopic (exact) mass is 181 g/mol. The Morgan fingerprint density at radius 1 is 1.64 bits per heavy atom. The molecule has 0 fully saturated rings. The van der Waals surface area contributed by atoms with E-state index in [1.54, 1.807) is 0 Å². The van der Waals surface area contributed by atoms with Crippen LogP contribution in [0, 0.1) is 11.3 Å². The molecule has 0 spiro atoms. The average molecular weight is 181 g/mol. The number of nitriles is 1. The minimum Gasteiger partial charge on any atom is -0.192 e. The van der Waals surface area contributed by atoms with Crippen LogP contribution in [0.4, 0.5) is 0 Å². The van der Waals surface area contributed by atoms with Crippen molar-refractivity contribution in [2.24, 2.45) is 0 Å². The highest BCUT2D eigenvalue weighted by atomic mass is 32.1. The van der Waals surface area contributed by atoms with Gasteiger partial charge < -0.3 is 0 Å². The van der Waals surface area contributed by atoms with Crippen LogP contribution >= 0.6 is 24.0 Å². The minimum atomic E-state index is 0.736. The molecule has 0 aliphatic carbocycles. The number of hydrogen-bond acceptors (Lipinski definition) is 3. The molecule has 0 unspecified atom stereocenters. The summed E-state index contributed by atoms with van der Waals surface area (Å²) >= 11 is 5.52. The third-order valence-electron chi connectivity index (χ3n) is 1.12. The molecule has 1 nitrogen and oxygen atoms in total. The molecular weight excluding hydrogens is 174 g/mol. The zero-order valence-corrected chi connectivity index (χ0v) is 7.53. The molecule has 0 saturated carbocycles. The maximum atomic E-state index is 8.50. The summed E-state index contributed by atoms with van der Waals surface area (Å²) in [7, 11) is 0. The fraction of sp³-hybridized carbons (Fsp3) is 0.125. The van der Waals surface area contributed by atoms with Crippen LogP contribution in [0.2, 0.25) is 0 Å². The lowest BCUT2D eigenvalue weighted by molar-refractivity contribution is 1.52. The Morgan fingerprint density at radius 2 is 2.45 bits per heavy atom. The van der Waals surface area contributed by atoms with Gasteiger partial charge in [-0.3, -0.25) is 0 Å². The van der Waals surface area contributed by atoms with Crippen LogP contribution in [0.15, 0.2) is 18.2 Å². The second-order valence-corrected chi connectivity index (χ2v) is 3.38. The highest BCUT2D eigenvalue weighted by Gasteiger charge is 1.93. The fourth-order valence-corrected chi connectivity index (χ4v) is 1.51. The molecule has 1 heterocycles. The van der Waals surface area contributed by atoms with E-state index in [1.165, 1.54) is 11.3 Å². The van der Waals surface area contributed by atoms with Gasteiger partial charge in [-0.05, 0) is 18.2 Å². The summed E-state index contributed by atoms with van der Waals surface area (Å²) in [6.45, 7) is 0. The van der Waals surface area contributed by atoms with Gasteiger partial charge in [0, 0.05) is 10.6 Å². The van der Waals surface area contributed by atoms with E-state index in [1.807, 2.05) is 24.3 Å². The number of rotatable bonds is 2. The van der Waals surface area contributed by atoms with Gasteiger partial charge in [0.15, 0.2) is 0 Å². The molecule has 0 amide bonds. The van der Waals surface area contributed by atoms with Gasteiger partial charge in [0.25, 0.3) is 0 Å². The average Bonchev–Trinajstić information content (AvgIpc) is 2.48. The van der Waals surface area contributed by atoms with Gasteiger partial charge >= 0.3 is 0 Å². The van der Waals surface area contributed by atoms with Crippen LogP contribution < -0.4 is 0 Å². The predicted octanol–water partition coefficient (Wildman–Crippen LogP) is 2.56. The van der Waals surface area contributed by atoms with E-state index in [4.69, 9.17) is 5.26 Å². The van der Waals surface area contributed by atoms with E-state index >= 15 is 0 Å². The van der Waals surface area contributed by atoms with Crippen LogP contribution in [0.25, 0.3) is 6.08 Å². The Labute approximate surface area is 75.4 Å². The lowest BCUT2D eigenvalue weighted by atomic mass is 10.4. The van der Waals surface area contributed by atoms with E-state index in [0.717, 1.165) is 15.5 Å². The Morgan fingerprint density at radius 3 is 3.00 bits per heavy atom. The summed E-state index contributed by atoms with van der Waals surface area (Å²) in [5.74, 6) is 0.736. The van der Waals surface area contributed by atoms with Gasteiger partial charge in [0.1, 0.15) is 10.9 Å². The first kappa shape index (κ1) is 8.38. The minimum absolute atomic E-state index is 0.736. The van der Waals surface area contributed by atoms with Crippen molar-refractivity contribution < 1.29 is 0 Å². The fourth-order valence-electron chi connectivity index (χ4n) is 0.671. The molecule has 0 atom stereocenters. The SMILES string of the molecule is N#Cc1ccc(C=CCS)s1. The Balaban J connectivity index is 2.75. The molecular formula is C8H7NS2. The molecule has 0 aromatic carbocycles. The smallest absolute Gasteiger partial charge is 0.110 e. The lowest BCUT2D eigenvalue weighted by Gasteiger charge is -1.79. The quantitative estimate of drug-likeness (QED) is 0.696. The molecule has 1 rings (SSSR count). The second kappa shape index (κ2) is 4.22. The Hall–Kier alpha value is -0.720. The van der Waals surface area contributed by atoms with Crippen LogP contribution in [0.3, 0.4) is 0 Å². The normalized spacial score (nSPS) is 10.2. The van der Waals surface area contributed by atoms with Gasteiger partial charge in [-0.2, -0.15) is 17.9 Å². The van der Waals surface area contributed by atoms with Crippen molar-refractivity contribution in [2.75, 3.05) is 5.75 Å². The molecule has 56 valence electrons. The second-order valence-electron chi connectivity index (χ2n) is 1.90. The predicted molar refractivity (Wildman–Crippen MR) is 51.9 cm³/mol. The summed E-state index contributed by atoms with van der Waals surface area (Å²) in [5, 5.41) is 8.50. The van der Waals surface area contributed by atoms with Crippen molar-refractivity contribution in [3.05, 3.63) is 28.0 Å². The number of thiophene rings is 1. The molecule has 0 aliphatic rings.